The standard InChI is InChI=1S/C25H26ClN5O3/c1-15(2)30-23(33)19-12-11-16(22(32)27-18-8-4-5-9-18)13-21(19)31-24(30)28-29(25(31)34)14-17-7-3-6-10-20(17)26/h3,6-7,10-13,15,18H,4-5,8-9,14H2,1-2H3,(H,27,32). The number of nitrogens with one attached hydrogen (secondary N) is 1. The molecule has 34 heavy (non-hydrogen) atoms. The summed E-state index contributed by atoms with van der Waals surface area (Å²) in [4.78, 5) is 39.8. The summed E-state index contributed by atoms with van der Waals surface area (Å²) in [6, 6.07) is 12.1. The quantitative estimate of drug-likeness (QED) is 0.472. The summed E-state index contributed by atoms with van der Waals surface area (Å²) < 4.78 is 4.23. The average molecular weight is 480 g/mol. The van der Waals surface area contributed by atoms with E-state index in [1.54, 1.807) is 24.3 Å². The molecule has 0 aliphatic heterocycles. The van der Waals surface area contributed by atoms with Gasteiger partial charge in [-0.2, -0.15) is 0 Å². The van der Waals surface area contributed by atoms with Gasteiger partial charge in [0.25, 0.3) is 11.5 Å². The number of hydrogen-bond acceptors (Lipinski definition) is 4. The van der Waals surface area contributed by atoms with Crippen molar-refractivity contribution >= 4 is 34.2 Å². The number of aromatic nitrogens is 4. The van der Waals surface area contributed by atoms with Crippen LogP contribution in [0.2, 0.25) is 5.02 Å². The van der Waals surface area contributed by atoms with Gasteiger partial charge in [0.05, 0.1) is 17.4 Å². The molecular weight excluding hydrogens is 454 g/mol. The van der Waals surface area contributed by atoms with Crippen molar-refractivity contribution < 1.29 is 4.79 Å². The third-order valence-corrected chi connectivity index (χ3v) is 6.84. The first-order valence-corrected chi connectivity index (χ1v) is 11.9. The molecule has 2 heterocycles. The van der Waals surface area contributed by atoms with Crippen LogP contribution in [0.1, 0.15) is 61.5 Å². The zero-order chi connectivity index (χ0) is 24.0. The first-order valence-electron chi connectivity index (χ1n) is 11.6. The van der Waals surface area contributed by atoms with E-state index in [1.165, 1.54) is 13.6 Å². The lowest BCUT2D eigenvalue weighted by atomic mass is 10.1. The summed E-state index contributed by atoms with van der Waals surface area (Å²) in [5.41, 5.74) is 0.867. The second kappa shape index (κ2) is 8.76. The van der Waals surface area contributed by atoms with Crippen molar-refractivity contribution in [2.45, 2.75) is 58.2 Å². The molecule has 0 atom stereocenters. The molecular formula is C25H26ClN5O3. The second-order valence-electron chi connectivity index (χ2n) is 9.12. The first-order chi connectivity index (χ1) is 16.3. The van der Waals surface area contributed by atoms with E-state index < -0.39 is 5.69 Å². The third kappa shape index (κ3) is 3.81. The molecule has 0 spiro atoms. The van der Waals surface area contributed by atoms with Crippen molar-refractivity contribution in [2.75, 3.05) is 0 Å². The van der Waals surface area contributed by atoms with Gasteiger partial charge in [-0.25, -0.2) is 13.9 Å². The highest BCUT2D eigenvalue weighted by atomic mass is 35.5. The smallest absolute Gasteiger partial charge is 0.349 e. The Balaban J connectivity index is 1.70. The zero-order valence-electron chi connectivity index (χ0n) is 19.1. The highest BCUT2D eigenvalue weighted by Gasteiger charge is 2.22. The molecule has 176 valence electrons. The molecule has 1 fully saturated rings. The van der Waals surface area contributed by atoms with Gasteiger partial charge in [0.2, 0.25) is 5.78 Å². The molecule has 1 aliphatic carbocycles. The van der Waals surface area contributed by atoms with Gasteiger partial charge in [0, 0.05) is 22.7 Å². The molecule has 5 rings (SSSR count). The van der Waals surface area contributed by atoms with Crippen molar-refractivity contribution in [1.82, 2.24) is 24.1 Å². The second-order valence-corrected chi connectivity index (χ2v) is 9.53. The summed E-state index contributed by atoms with van der Waals surface area (Å²) in [5, 5.41) is 8.47. The Labute approximate surface area is 200 Å². The maximum Gasteiger partial charge on any atom is 0.352 e. The molecule has 4 aromatic rings. The van der Waals surface area contributed by atoms with E-state index in [0.717, 1.165) is 31.2 Å². The minimum absolute atomic E-state index is 0.163. The molecule has 9 heteroatoms. The first kappa shape index (κ1) is 22.4. The van der Waals surface area contributed by atoms with Gasteiger partial charge in [-0.15, -0.1) is 5.10 Å². The zero-order valence-corrected chi connectivity index (χ0v) is 19.9. The molecule has 0 bridgehead atoms. The van der Waals surface area contributed by atoms with Crippen molar-refractivity contribution in [3.63, 3.8) is 0 Å². The number of nitrogens with zero attached hydrogens (tertiary/aromatic N) is 4. The molecule has 1 saturated carbocycles. The number of amides is 1. The van der Waals surface area contributed by atoms with Gasteiger partial charge in [0.15, 0.2) is 0 Å². The van der Waals surface area contributed by atoms with E-state index >= 15 is 0 Å². The minimum Gasteiger partial charge on any atom is -0.349 e. The Kier molecular flexibility index (Phi) is 5.77. The Morgan fingerprint density at radius 2 is 1.88 bits per heavy atom. The van der Waals surface area contributed by atoms with Crippen LogP contribution in [0.25, 0.3) is 16.7 Å². The Hall–Kier alpha value is -3.39. The molecule has 0 radical (unpaired) electrons. The van der Waals surface area contributed by atoms with E-state index in [1.807, 2.05) is 32.0 Å². The van der Waals surface area contributed by atoms with Gasteiger partial charge in [-0.3, -0.25) is 14.2 Å². The van der Waals surface area contributed by atoms with Gasteiger partial charge < -0.3 is 5.32 Å². The van der Waals surface area contributed by atoms with Gasteiger partial charge >= 0.3 is 5.69 Å². The van der Waals surface area contributed by atoms with Gasteiger partial charge in [0.1, 0.15) is 0 Å². The number of rotatable bonds is 5. The van der Waals surface area contributed by atoms with Crippen LogP contribution in [0.4, 0.5) is 0 Å². The van der Waals surface area contributed by atoms with Crippen LogP contribution in [-0.4, -0.2) is 30.7 Å². The predicted octanol–water partition coefficient (Wildman–Crippen LogP) is 3.77. The van der Waals surface area contributed by atoms with Crippen LogP contribution in [0.5, 0.6) is 0 Å². The van der Waals surface area contributed by atoms with Crippen LogP contribution < -0.4 is 16.6 Å². The number of fused-ring (bicyclic) bond motifs is 3. The monoisotopic (exact) mass is 479 g/mol. The Morgan fingerprint density at radius 3 is 2.59 bits per heavy atom. The number of carbonyl (C=O) groups is 1. The Bertz CT molecular complexity index is 1530. The van der Waals surface area contributed by atoms with Crippen molar-refractivity contribution in [1.29, 1.82) is 0 Å². The summed E-state index contributed by atoms with van der Waals surface area (Å²) >= 11 is 6.30. The lowest BCUT2D eigenvalue weighted by Crippen LogP contribution is -2.33. The van der Waals surface area contributed by atoms with Crippen molar-refractivity contribution in [3.8, 4) is 0 Å². The maximum atomic E-state index is 13.5. The maximum absolute atomic E-state index is 13.5. The molecule has 2 aromatic carbocycles. The SMILES string of the molecule is CC(C)n1c(=O)c2ccc(C(=O)NC3CCCC3)cc2n2c(=O)n(Cc3ccccc3Cl)nc12. The van der Waals surface area contributed by atoms with E-state index in [-0.39, 0.29) is 35.9 Å². The summed E-state index contributed by atoms with van der Waals surface area (Å²) in [7, 11) is 0. The van der Waals surface area contributed by atoms with Crippen molar-refractivity contribution in [3.05, 3.63) is 79.5 Å². The fourth-order valence-electron chi connectivity index (χ4n) is 4.72. The van der Waals surface area contributed by atoms with Crippen molar-refractivity contribution in [2.24, 2.45) is 0 Å². The highest BCUT2D eigenvalue weighted by molar-refractivity contribution is 6.31. The van der Waals surface area contributed by atoms with Crippen LogP contribution in [0.3, 0.4) is 0 Å². The van der Waals surface area contributed by atoms with Gasteiger partial charge in [-0.05, 0) is 56.5 Å². The third-order valence-electron chi connectivity index (χ3n) is 6.47. The number of benzene rings is 2. The molecule has 1 aliphatic rings. The molecule has 8 nitrogen and oxygen atoms in total. The largest absolute Gasteiger partial charge is 0.352 e. The number of carbonyl (C=O) groups excluding carboxylic acids is 1. The minimum atomic E-state index is -0.400. The van der Waals surface area contributed by atoms with E-state index in [4.69, 9.17) is 11.6 Å². The lowest BCUT2D eigenvalue weighted by molar-refractivity contribution is 0.0938. The average Bonchev–Trinajstić information content (AvgIpc) is 3.43. The lowest BCUT2D eigenvalue weighted by Gasteiger charge is -2.14. The summed E-state index contributed by atoms with van der Waals surface area (Å²) in [5.74, 6) is 0.0319. The summed E-state index contributed by atoms with van der Waals surface area (Å²) in [6.07, 6.45) is 4.16. The Morgan fingerprint density at radius 1 is 1.15 bits per heavy atom. The topological polar surface area (TPSA) is 90.4 Å². The molecule has 0 saturated heterocycles. The molecule has 0 unspecified atom stereocenters. The highest BCUT2D eigenvalue weighted by Crippen LogP contribution is 2.21. The fourth-order valence-corrected chi connectivity index (χ4v) is 4.91. The molecule has 1 N–H and O–H groups in total. The van der Waals surface area contributed by atoms with E-state index in [2.05, 4.69) is 10.4 Å². The van der Waals surface area contributed by atoms with Crippen LogP contribution in [-0.2, 0) is 6.54 Å². The molecule has 2 aromatic heterocycles. The van der Waals surface area contributed by atoms with Crippen LogP contribution in [0, 0.1) is 0 Å². The summed E-state index contributed by atoms with van der Waals surface area (Å²) in [6.45, 7) is 3.90. The molecule has 1 amide bonds. The number of halogens is 1. The van der Waals surface area contributed by atoms with Crippen LogP contribution in [0.15, 0.2) is 52.1 Å². The fraction of sp³-hybridized carbons (Fsp3) is 0.360. The van der Waals surface area contributed by atoms with Crippen LogP contribution >= 0.6 is 11.6 Å². The van der Waals surface area contributed by atoms with E-state index in [9.17, 15) is 14.4 Å². The normalized spacial score (nSPS) is 14.5. The predicted molar refractivity (Wildman–Crippen MR) is 132 cm³/mol. The van der Waals surface area contributed by atoms with E-state index in [0.29, 0.717) is 21.5 Å². The van der Waals surface area contributed by atoms with Gasteiger partial charge in [-0.1, -0.05) is 42.6 Å². The number of hydrogen-bond donors (Lipinski definition) is 1.